The van der Waals surface area contributed by atoms with Crippen molar-refractivity contribution in [3.05, 3.63) is 22.5 Å². The molecule has 112 valence electrons. The minimum absolute atomic E-state index is 0.696. The second-order valence-electron chi connectivity index (χ2n) is 3.59. The maximum atomic E-state index is 12.5. The van der Waals surface area contributed by atoms with Crippen molar-refractivity contribution in [3.63, 3.8) is 0 Å². The molecular formula is C8H7F5N4O3. The van der Waals surface area contributed by atoms with E-state index in [2.05, 4.69) is 4.98 Å². The summed E-state index contributed by atoms with van der Waals surface area (Å²) in [6.45, 7) is -2.75. The van der Waals surface area contributed by atoms with Crippen molar-refractivity contribution in [2.45, 2.75) is 18.6 Å². The van der Waals surface area contributed by atoms with Crippen molar-refractivity contribution in [1.29, 1.82) is 0 Å². The number of imidazole rings is 1. The molecule has 0 radical (unpaired) electrons. The highest BCUT2D eigenvalue weighted by atomic mass is 19.3. The lowest BCUT2D eigenvalue weighted by molar-refractivity contribution is -0.396. The minimum Gasteiger partial charge on any atom is -0.390 e. The molecule has 0 fully saturated rings. The standard InChI is InChI=1S/C8H7F5N4O3/c9-7(10,8(11,12)13)4-15-5(18)3-16-2-1-14-6(16)17(19)20/h1-2H,3-4H2,(H,15,18)/i11-1,12-1. The van der Waals surface area contributed by atoms with Crippen molar-refractivity contribution < 1.29 is 31.7 Å². The summed E-state index contributed by atoms with van der Waals surface area (Å²) in [5.41, 5.74) is 0. The first kappa shape index (κ1) is 15.8. The van der Waals surface area contributed by atoms with Crippen molar-refractivity contribution in [2.24, 2.45) is 0 Å². The third-order valence-corrected chi connectivity index (χ3v) is 2.09. The number of aromatic nitrogens is 2. The lowest BCUT2D eigenvalue weighted by Gasteiger charge is -2.19. The Balaban J connectivity index is 2.61. The first-order chi connectivity index (χ1) is 9.04. The number of amides is 1. The Kier molecular flexibility index (Phi) is 4.25. The maximum Gasteiger partial charge on any atom is 0.455 e. The largest absolute Gasteiger partial charge is 0.455 e. The van der Waals surface area contributed by atoms with Crippen LogP contribution >= 0.6 is 0 Å². The third kappa shape index (κ3) is 3.61. The summed E-state index contributed by atoms with van der Waals surface area (Å²) in [6.07, 6.45) is -3.80. The van der Waals surface area contributed by atoms with E-state index in [0.29, 0.717) is 4.57 Å². The molecule has 0 aliphatic carbocycles. The van der Waals surface area contributed by atoms with Gasteiger partial charge in [-0.2, -0.15) is 22.0 Å². The van der Waals surface area contributed by atoms with Crippen LogP contribution in [0.4, 0.5) is 27.9 Å². The molecular weight excluding hydrogens is 293 g/mol. The van der Waals surface area contributed by atoms with Gasteiger partial charge in [-0.05, 0) is 4.92 Å². The van der Waals surface area contributed by atoms with Crippen LogP contribution in [0.3, 0.4) is 0 Å². The predicted octanol–water partition coefficient (Wildman–Crippen LogP) is 1.11. The monoisotopic (exact) mass is 300 g/mol. The molecule has 0 atom stereocenters. The van der Waals surface area contributed by atoms with E-state index < -0.39 is 42.0 Å². The van der Waals surface area contributed by atoms with E-state index in [1.807, 2.05) is 0 Å². The molecule has 20 heavy (non-hydrogen) atoms. The molecule has 1 amide bonds. The first-order valence-electron chi connectivity index (χ1n) is 4.91. The quantitative estimate of drug-likeness (QED) is 0.501. The van der Waals surface area contributed by atoms with Gasteiger partial charge in [0.25, 0.3) is 5.91 Å². The van der Waals surface area contributed by atoms with Gasteiger partial charge in [0.2, 0.25) is 0 Å². The molecule has 7 nitrogen and oxygen atoms in total. The summed E-state index contributed by atoms with van der Waals surface area (Å²) in [4.78, 5) is 24.0. The molecule has 0 saturated carbocycles. The van der Waals surface area contributed by atoms with Crippen molar-refractivity contribution in [3.8, 4) is 0 Å². The van der Waals surface area contributed by atoms with Crippen LogP contribution in [0.2, 0.25) is 0 Å². The fraction of sp³-hybridized carbons (Fsp3) is 0.500. The molecule has 1 aromatic rings. The number of hydrogen-bond acceptors (Lipinski definition) is 4. The lowest BCUT2D eigenvalue weighted by Crippen LogP contribution is -2.47. The van der Waals surface area contributed by atoms with Crippen LogP contribution in [0.25, 0.3) is 0 Å². The van der Waals surface area contributed by atoms with E-state index >= 15 is 0 Å². The van der Waals surface area contributed by atoms with E-state index in [1.54, 1.807) is 0 Å². The molecule has 1 heterocycles. The number of halogens is 5. The molecule has 12 heteroatoms. The number of rotatable bonds is 5. The Hall–Kier alpha value is -2.27. The van der Waals surface area contributed by atoms with Crippen LogP contribution in [0, 0.1) is 10.1 Å². The Morgan fingerprint density at radius 1 is 1.40 bits per heavy atom. The zero-order chi connectivity index (χ0) is 15.6. The highest BCUT2D eigenvalue weighted by Gasteiger charge is 2.57. The van der Waals surface area contributed by atoms with Gasteiger partial charge in [-0.3, -0.25) is 4.79 Å². The summed E-state index contributed by atoms with van der Waals surface area (Å²) in [5.74, 6) is -7.05. The van der Waals surface area contributed by atoms with Crippen molar-refractivity contribution in [1.82, 2.24) is 14.9 Å². The Morgan fingerprint density at radius 2 is 2.00 bits per heavy atom. The fourth-order valence-corrected chi connectivity index (χ4v) is 1.12. The minimum atomic E-state index is -5.79. The second-order valence-corrected chi connectivity index (χ2v) is 3.59. The van der Waals surface area contributed by atoms with Gasteiger partial charge in [0.05, 0.1) is 6.54 Å². The summed E-state index contributed by atoms with van der Waals surface area (Å²) in [7, 11) is 0. The molecule has 0 unspecified atom stereocenters. The van der Waals surface area contributed by atoms with Crippen LogP contribution in [0.1, 0.15) is 0 Å². The van der Waals surface area contributed by atoms with E-state index in [4.69, 9.17) is 0 Å². The van der Waals surface area contributed by atoms with E-state index in [0.717, 1.165) is 12.4 Å². The topological polar surface area (TPSA) is 90.1 Å². The Morgan fingerprint density at radius 3 is 2.50 bits per heavy atom. The first-order valence-corrected chi connectivity index (χ1v) is 4.91. The lowest BCUT2D eigenvalue weighted by atomic mass is 10.3. The zero-order valence-electron chi connectivity index (χ0n) is 9.53. The molecule has 0 bridgehead atoms. The Labute approximate surface area is 107 Å². The molecule has 1 rings (SSSR count). The van der Waals surface area contributed by atoms with Gasteiger partial charge in [0.1, 0.15) is 12.4 Å². The fourth-order valence-electron chi connectivity index (χ4n) is 1.12. The van der Waals surface area contributed by atoms with Crippen LogP contribution in [-0.2, 0) is 11.3 Å². The smallest absolute Gasteiger partial charge is 0.390 e. The normalized spacial score (nSPS) is 12.2. The van der Waals surface area contributed by atoms with Crippen LogP contribution in [0.15, 0.2) is 12.4 Å². The van der Waals surface area contributed by atoms with Crippen LogP contribution in [-0.4, -0.2) is 39.0 Å². The zero-order valence-corrected chi connectivity index (χ0v) is 9.53. The Bertz CT molecular complexity index is 512. The number of carbonyl (C=O) groups excluding carboxylic acids is 1. The maximum absolute atomic E-state index is 12.5. The number of nitrogens with one attached hydrogen (secondary N) is 1. The SMILES string of the molecule is O=C(Cn1ccnc1[N+](=O)[O-])NCC(F)(F)C(F)([18F])[18F]. The van der Waals surface area contributed by atoms with Crippen molar-refractivity contribution in [2.75, 3.05) is 6.54 Å². The van der Waals surface area contributed by atoms with Gasteiger partial charge in [-0.15, -0.1) is 0 Å². The number of nitro groups is 1. The molecule has 1 aromatic heterocycles. The van der Waals surface area contributed by atoms with E-state index in [-0.39, 0.29) is 0 Å². The van der Waals surface area contributed by atoms with E-state index in [1.165, 1.54) is 5.32 Å². The molecule has 0 aliphatic heterocycles. The summed E-state index contributed by atoms with van der Waals surface area (Å²) in [5, 5.41) is 11.8. The number of alkyl halides is 5. The summed E-state index contributed by atoms with van der Waals surface area (Å²) < 4.78 is 61.2. The number of carbonyl (C=O) groups is 1. The average Bonchev–Trinajstić information content (AvgIpc) is 2.73. The summed E-state index contributed by atoms with van der Waals surface area (Å²) >= 11 is 0. The van der Waals surface area contributed by atoms with Crippen molar-refractivity contribution >= 4 is 11.9 Å². The predicted molar refractivity (Wildman–Crippen MR) is 52.9 cm³/mol. The van der Waals surface area contributed by atoms with Gasteiger partial charge in [0, 0.05) is 0 Å². The van der Waals surface area contributed by atoms with E-state index in [9.17, 15) is 36.9 Å². The summed E-state index contributed by atoms with van der Waals surface area (Å²) in [6, 6.07) is 0. The molecule has 0 aromatic carbocycles. The second kappa shape index (κ2) is 5.38. The molecule has 0 aliphatic rings. The number of hydrogen-bond donors (Lipinski definition) is 1. The van der Waals surface area contributed by atoms with Gasteiger partial charge >= 0.3 is 18.0 Å². The number of nitrogens with zero attached hydrogens (tertiary/aromatic N) is 3. The highest BCUT2D eigenvalue weighted by Crippen LogP contribution is 2.34. The molecule has 0 saturated heterocycles. The van der Waals surface area contributed by atoms with Crippen LogP contribution < -0.4 is 5.32 Å². The average molecular weight is 300 g/mol. The van der Waals surface area contributed by atoms with Gasteiger partial charge in [-0.1, -0.05) is 4.98 Å². The van der Waals surface area contributed by atoms with Gasteiger partial charge in [0.15, 0.2) is 6.54 Å². The third-order valence-electron chi connectivity index (χ3n) is 2.09. The van der Waals surface area contributed by atoms with Gasteiger partial charge < -0.3 is 15.4 Å². The van der Waals surface area contributed by atoms with Crippen LogP contribution in [0.5, 0.6) is 0 Å². The molecule has 0 spiro atoms. The molecule has 1 N–H and O–H groups in total. The highest BCUT2D eigenvalue weighted by molar-refractivity contribution is 5.76. The van der Waals surface area contributed by atoms with Gasteiger partial charge in [-0.25, -0.2) is 4.57 Å².